The number of hydrogen-bond donors (Lipinski definition) is 1. The van der Waals surface area contributed by atoms with E-state index in [1.165, 1.54) is 5.56 Å². The van der Waals surface area contributed by atoms with Crippen molar-refractivity contribution in [3.05, 3.63) is 35.0 Å². The Labute approximate surface area is 125 Å². The van der Waals surface area contributed by atoms with Crippen LogP contribution in [0.2, 0.25) is 0 Å². The van der Waals surface area contributed by atoms with Crippen LogP contribution in [0, 0.1) is 6.92 Å². The van der Waals surface area contributed by atoms with E-state index in [2.05, 4.69) is 36.8 Å². The molecule has 1 aliphatic heterocycles. The summed E-state index contributed by atoms with van der Waals surface area (Å²) < 4.78 is 6.10. The van der Waals surface area contributed by atoms with Gasteiger partial charge in [-0.25, -0.2) is 9.97 Å². The van der Waals surface area contributed by atoms with Gasteiger partial charge in [-0.1, -0.05) is 19.1 Å². The van der Waals surface area contributed by atoms with Gasteiger partial charge in [0.15, 0.2) is 5.82 Å². The van der Waals surface area contributed by atoms with Gasteiger partial charge in [0.1, 0.15) is 17.2 Å². The van der Waals surface area contributed by atoms with Crippen molar-refractivity contribution in [3.8, 4) is 17.1 Å². The number of benzene rings is 1. The van der Waals surface area contributed by atoms with Crippen LogP contribution in [0.3, 0.4) is 0 Å². The highest BCUT2D eigenvalue weighted by Crippen LogP contribution is 2.41. The first kappa shape index (κ1) is 13.9. The fourth-order valence-corrected chi connectivity index (χ4v) is 2.84. The van der Waals surface area contributed by atoms with E-state index in [4.69, 9.17) is 10.5 Å². The lowest BCUT2D eigenvalue weighted by molar-refractivity contribution is 0.139. The lowest BCUT2D eigenvalue weighted by Crippen LogP contribution is -2.24. The molecule has 1 aliphatic rings. The van der Waals surface area contributed by atoms with E-state index in [9.17, 15) is 0 Å². The van der Waals surface area contributed by atoms with Crippen LogP contribution >= 0.6 is 0 Å². The molecule has 0 atom stereocenters. The summed E-state index contributed by atoms with van der Waals surface area (Å²) in [7, 11) is 0. The first-order valence-corrected chi connectivity index (χ1v) is 7.35. The molecular formula is C17H21N3O. The SMILES string of the molecule is CCc1nc(-c2cccc3c2OC(C)(C)C3)nc(N)c1C. The largest absolute Gasteiger partial charge is 0.486 e. The van der Waals surface area contributed by atoms with Gasteiger partial charge in [-0.15, -0.1) is 0 Å². The second-order valence-electron chi connectivity index (χ2n) is 6.19. The van der Waals surface area contributed by atoms with Gasteiger partial charge >= 0.3 is 0 Å². The number of nitrogens with zero attached hydrogens (tertiary/aromatic N) is 2. The zero-order chi connectivity index (χ0) is 15.2. The molecule has 1 aromatic carbocycles. The summed E-state index contributed by atoms with van der Waals surface area (Å²) in [6.07, 6.45) is 1.74. The molecule has 4 nitrogen and oxygen atoms in total. The molecule has 21 heavy (non-hydrogen) atoms. The van der Waals surface area contributed by atoms with E-state index >= 15 is 0 Å². The van der Waals surface area contributed by atoms with Crippen molar-refractivity contribution in [2.45, 2.75) is 46.1 Å². The van der Waals surface area contributed by atoms with Gasteiger partial charge in [-0.2, -0.15) is 0 Å². The number of nitrogen functional groups attached to an aromatic ring is 1. The normalized spacial score (nSPS) is 15.6. The molecular weight excluding hydrogens is 262 g/mol. The molecule has 0 saturated carbocycles. The molecule has 0 amide bonds. The monoisotopic (exact) mass is 283 g/mol. The molecule has 2 aromatic rings. The van der Waals surface area contributed by atoms with E-state index in [1.54, 1.807) is 0 Å². The number of anilines is 1. The van der Waals surface area contributed by atoms with E-state index in [0.29, 0.717) is 11.6 Å². The maximum Gasteiger partial charge on any atom is 0.165 e. The van der Waals surface area contributed by atoms with Crippen molar-refractivity contribution in [1.29, 1.82) is 0 Å². The van der Waals surface area contributed by atoms with Crippen molar-refractivity contribution in [1.82, 2.24) is 9.97 Å². The standard InChI is InChI=1S/C17H21N3O/c1-5-13-10(2)15(18)20-16(19-13)12-8-6-7-11-9-17(3,4)21-14(11)12/h6-8H,5,9H2,1-4H3,(H2,18,19,20). The summed E-state index contributed by atoms with van der Waals surface area (Å²) in [6.45, 7) is 8.23. The minimum atomic E-state index is -0.178. The number of aryl methyl sites for hydroxylation is 1. The molecule has 110 valence electrons. The molecule has 0 spiro atoms. The van der Waals surface area contributed by atoms with E-state index in [1.807, 2.05) is 19.1 Å². The lowest BCUT2D eigenvalue weighted by Gasteiger charge is -2.18. The van der Waals surface area contributed by atoms with Crippen LogP contribution in [0.25, 0.3) is 11.4 Å². The zero-order valence-corrected chi connectivity index (χ0v) is 13.0. The average molecular weight is 283 g/mol. The second kappa shape index (κ2) is 4.72. The third-order valence-corrected chi connectivity index (χ3v) is 3.95. The van der Waals surface area contributed by atoms with Gasteiger partial charge in [-0.05, 0) is 38.8 Å². The summed E-state index contributed by atoms with van der Waals surface area (Å²) in [6, 6.07) is 6.14. The van der Waals surface area contributed by atoms with Gasteiger partial charge in [0, 0.05) is 17.7 Å². The molecule has 0 bridgehead atoms. The van der Waals surface area contributed by atoms with Crippen molar-refractivity contribution in [2.24, 2.45) is 0 Å². The van der Waals surface area contributed by atoms with Crippen LogP contribution in [-0.4, -0.2) is 15.6 Å². The van der Waals surface area contributed by atoms with Crippen LogP contribution < -0.4 is 10.5 Å². The highest BCUT2D eigenvalue weighted by atomic mass is 16.5. The number of aromatic nitrogens is 2. The van der Waals surface area contributed by atoms with Crippen molar-refractivity contribution in [2.75, 3.05) is 5.73 Å². The molecule has 4 heteroatoms. The minimum absolute atomic E-state index is 0.178. The van der Waals surface area contributed by atoms with Gasteiger partial charge in [0.05, 0.1) is 5.56 Å². The fourth-order valence-electron chi connectivity index (χ4n) is 2.84. The number of fused-ring (bicyclic) bond motifs is 1. The second-order valence-corrected chi connectivity index (χ2v) is 6.19. The average Bonchev–Trinajstić information content (AvgIpc) is 2.75. The third kappa shape index (κ3) is 2.35. The Hall–Kier alpha value is -2.10. The van der Waals surface area contributed by atoms with Crippen molar-refractivity contribution >= 4 is 5.82 Å². The Morgan fingerprint density at radius 1 is 1.29 bits per heavy atom. The maximum absolute atomic E-state index is 6.10. The van der Waals surface area contributed by atoms with Gasteiger partial charge in [-0.3, -0.25) is 0 Å². The van der Waals surface area contributed by atoms with Crippen LogP contribution in [0.5, 0.6) is 5.75 Å². The Morgan fingerprint density at radius 3 is 2.76 bits per heavy atom. The van der Waals surface area contributed by atoms with E-state index in [-0.39, 0.29) is 5.60 Å². The molecule has 0 radical (unpaired) electrons. The van der Waals surface area contributed by atoms with E-state index in [0.717, 1.165) is 35.4 Å². The molecule has 2 N–H and O–H groups in total. The summed E-state index contributed by atoms with van der Waals surface area (Å²) in [4.78, 5) is 9.14. The first-order chi connectivity index (χ1) is 9.91. The topological polar surface area (TPSA) is 61.0 Å². The Balaban J connectivity index is 2.16. The summed E-state index contributed by atoms with van der Waals surface area (Å²) in [5, 5.41) is 0. The Morgan fingerprint density at radius 2 is 2.05 bits per heavy atom. The number of ether oxygens (including phenoxy) is 1. The molecule has 0 saturated heterocycles. The van der Waals surface area contributed by atoms with Crippen LogP contribution in [0.15, 0.2) is 18.2 Å². The predicted octanol–water partition coefficient (Wildman–Crippen LogP) is 3.31. The fraction of sp³-hybridized carbons (Fsp3) is 0.412. The quantitative estimate of drug-likeness (QED) is 0.918. The maximum atomic E-state index is 6.10. The Kier molecular flexibility index (Phi) is 3.12. The first-order valence-electron chi connectivity index (χ1n) is 7.35. The number of rotatable bonds is 2. The summed E-state index contributed by atoms with van der Waals surface area (Å²) in [5.74, 6) is 2.10. The van der Waals surface area contributed by atoms with Gasteiger partial charge in [0.2, 0.25) is 0 Å². The molecule has 0 aliphatic carbocycles. The third-order valence-electron chi connectivity index (χ3n) is 3.95. The number of para-hydroxylation sites is 1. The molecule has 1 aromatic heterocycles. The van der Waals surface area contributed by atoms with E-state index < -0.39 is 0 Å². The van der Waals surface area contributed by atoms with Crippen LogP contribution in [0.1, 0.15) is 37.6 Å². The van der Waals surface area contributed by atoms with Gasteiger partial charge < -0.3 is 10.5 Å². The van der Waals surface area contributed by atoms with Crippen LogP contribution in [0.4, 0.5) is 5.82 Å². The van der Waals surface area contributed by atoms with Crippen LogP contribution in [-0.2, 0) is 12.8 Å². The minimum Gasteiger partial charge on any atom is -0.486 e. The van der Waals surface area contributed by atoms with Crippen molar-refractivity contribution in [3.63, 3.8) is 0 Å². The lowest BCUT2D eigenvalue weighted by atomic mass is 10.0. The summed E-state index contributed by atoms with van der Waals surface area (Å²) >= 11 is 0. The molecule has 0 fully saturated rings. The smallest absolute Gasteiger partial charge is 0.165 e. The van der Waals surface area contributed by atoms with Crippen molar-refractivity contribution < 1.29 is 4.74 Å². The Bertz CT molecular complexity index is 707. The predicted molar refractivity (Wildman–Crippen MR) is 84.4 cm³/mol. The summed E-state index contributed by atoms with van der Waals surface area (Å²) in [5.41, 5.74) is 9.96. The number of hydrogen-bond acceptors (Lipinski definition) is 4. The van der Waals surface area contributed by atoms with Gasteiger partial charge in [0.25, 0.3) is 0 Å². The zero-order valence-electron chi connectivity index (χ0n) is 13.0. The number of nitrogens with two attached hydrogens (primary N) is 1. The highest BCUT2D eigenvalue weighted by Gasteiger charge is 2.32. The highest BCUT2D eigenvalue weighted by molar-refractivity contribution is 5.69. The molecule has 3 rings (SSSR count). The molecule has 0 unspecified atom stereocenters. The molecule has 2 heterocycles.